The Hall–Kier alpha value is -3.74. The van der Waals surface area contributed by atoms with E-state index in [0.29, 0.717) is 23.1 Å². The number of carbonyl (C=O) groups excluding carboxylic acids is 2. The quantitative estimate of drug-likeness (QED) is 0.280. The van der Waals surface area contributed by atoms with Crippen molar-refractivity contribution in [3.63, 3.8) is 0 Å². The minimum Gasteiger partial charge on any atom is -0.462 e. The molecule has 0 bridgehead atoms. The number of esters is 2. The molecule has 4 rings (SSSR count). The number of ether oxygens (including phenoxy) is 2. The molecule has 4 aromatic heterocycles. The second-order valence-electron chi connectivity index (χ2n) is 6.68. The minimum atomic E-state index is -0.767. The fourth-order valence-corrected chi connectivity index (χ4v) is 3.44. The van der Waals surface area contributed by atoms with Crippen LogP contribution in [0.15, 0.2) is 39.0 Å². The maximum absolute atomic E-state index is 12.4. The van der Waals surface area contributed by atoms with Gasteiger partial charge in [0.1, 0.15) is 15.7 Å². The van der Waals surface area contributed by atoms with Crippen LogP contribution in [0.25, 0.3) is 11.3 Å². The van der Waals surface area contributed by atoms with E-state index in [1.165, 1.54) is 21.4 Å². The lowest BCUT2D eigenvalue weighted by atomic mass is 10.2. The van der Waals surface area contributed by atoms with Crippen LogP contribution in [-0.2, 0) is 15.9 Å². The Balaban J connectivity index is 1.39. The highest BCUT2D eigenvalue weighted by Gasteiger charge is 2.18. The Bertz CT molecular complexity index is 1450. The molecule has 32 heavy (non-hydrogen) atoms. The monoisotopic (exact) mass is 504 g/mol. The number of aromatic nitrogens is 6. The van der Waals surface area contributed by atoms with E-state index in [1.807, 2.05) is 0 Å². The van der Waals surface area contributed by atoms with Crippen LogP contribution in [0.1, 0.15) is 39.8 Å². The van der Waals surface area contributed by atoms with Gasteiger partial charge in [0, 0.05) is 12.4 Å². The van der Waals surface area contributed by atoms with Crippen LogP contribution in [-0.4, -0.2) is 54.3 Å². The zero-order chi connectivity index (χ0) is 22.8. The highest BCUT2D eigenvalue weighted by molar-refractivity contribution is 9.10. The molecule has 4 aromatic rings. The van der Waals surface area contributed by atoms with Gasteiger partial charge in [0.15, 0.2) is 0 Å². The van der Waals surface area contributed by atoms with Crippen LogP contribution in [0.3, 0.4) is 0 Å². The zero-order valence-electron chi connectivity index (χ0n) is 16.8. The summed E-state index contributed by atoms with van der Waals surface area (Å²) in [5.41, 5.74) is -0.665. The summed E-state index contributed by atoms with van der Waals surface area (Å²) in [4.78, 5) is 57.2. The Morgan fingerprint density at radius 1 is 0.969 bits per heavy atom. The average Bonchev–Trinajstić information content (AvgIpc) is 3.35. The van der Waals surface area contributed by atoms with Crippen LogP contribution in [0.5, 0.6) is 0 Å². The van der Waals surface area contributed by atoms with Crippen molar-refractivity contribution in [2.75, 3.05) is 13.2 Å². The number of hydrogen-bond donors (Lipinski definition) is 2. The number of H-pyrrole nitrogens is 2. The van der Waals surface area contributed by atoms with Gasteiger partial charge in [0.05, 0.1) is 31.3 Å². The van der Waals surface area contributed by atoms with Crippen molar-refractivity contribution in [3.8, 4) is 0 Å². The highest BCUT2D eigenvalue weighted by Crippen LogP contribution is 2.08. The molecule has 0 aliphatic heterocycles. The predicted octanol–water partition coefficient (Wildman–Crippen LogP) is 1.09. The van der Waals surface area contributed by atoms with Crippen LogP contribution < -0.4 is 10.9 Å². The van der Waals surface area contributed by atoms with E-state index in [2.05, 4.69) is 36.1 Å². The molecule has 0 aliphatic rings. The van der Waals surface area contributed by atoms with Crippen LogP contribution in [0.4, 0.5) is 0 Å². The normalized spacial score (nSPS) is 11.2. The number of nitrogens with zero attached hydrogens (tertiary/aromatic N) is 4. The number of nitrogens with one attached hydrogen (secondary N) is 2. The molecule has 0 fully saturated rings. The molecule has 2 N–H and O–H groups in total. The van der Waals surface area contributed by atoms with Gasteiger partial charge in [-0.2, -0.15) is 0 Å². The molecule has 166 valence electrons. The number of hydrogen-bond acceptors (Lipinski definition) is 8. The summed E-state index contributed by atoms with van der Waals surface area (Å²) in [5.74, 6) is -1.49. The third-order valence-corrected chi connectivity index (χ3v) is 4.93. The maximum Gasteiger partial charge on any atom is 0.343 e. The second-order valence-corrected chi connectivity index (χ2v) is 7.49. The molecule has 0 amide bonds. The Kier molecular flexibility index (Phi) is 5.90. The van der Waals surface area contributed by atoms with Gasteiger partial charge in [-0.15, -0.1) is 0 Å². The van der Waals surface area contributed by atoms with Gasteiger partial charge in [-0.25, -0.2) is 28.6 Å². The first-order valence-corrected chi connectivity index (χ1v) is 10.4. The zero-order valence-corrected chi connectivity index (χ0v) is 18.3. The average molecular weight is 505 g/mol. The molecule has 0 atom stereocenters. The summed E-state index contributed by atoms with van der Waals surface area (Å²) >= 11 is 3.17. The van der Waals surface area contributed by atoms with Crippen molar-refractivity contribution < 1.29 is 19.1 Å². The number of imidazole rings is 2. The molecule has 0 saturated heterocycles. The summed E-state index contributed by atoms with van der Waals surface area (Å²) in [6.45, 7) is 1.84. The van der Waals surface area contributed by atoms with Gasteiger partial charge in [0.2, 0.25) is 22.2 Å². The van der Waals surface area contributed by atoms with Gasteiger partial charge >= 0.3 is 11.9 Å². The maximum atomic E-state index is 12.4. The van der Waals surface area contributed by atoms with Gasteiger partial charge in [0.25, 0.3) is 0 Å². The van der Waals surface area contributed by atoms with Gasteiger partial charge in [-0.05, 0) is 35.7 Å². The largest absolute Gasteiger partial charge is 0.462 e. The summed E-state index contributed by atoms with van der Waals surface area (Å²) in [7, 11) is 0. The molecule has 4 heterocycles. The molecule has 0 unspecified atom stereocenters. The van der Waals surface area contributed by atoms with Crippen molar-refractivity contribution in [3.05, 3.63) is 66.7 Å². The topological polar surface area (TPSA) is 153 Å². The fraction of sp³-hybridized carbons (Fsp3) is 0.263. The number of fused-ring (bicyclic) bond motifs is 2. The summed E-state index contributed by atoms with van der Waals surface area (Å²) < 4.78 is 13.3. The number of aromatic amines is 2. The molecule has 13 heteroatoms. The number of carbonyl (C=O) groups is 2. The van der Waals surface area contributed by atoms with E-state index in [0.717, 1.165) is 0 Å². The third-order valence-electron chi connectivity index (χ3n) is 4.55. The molecule has 0 saturated carbocycles. The lowest BCUT2D eigenvalue weighted by Gasteiger charge is -2.04. The first kappa shape index (κ1) is 21.5. The van der Waals surface area contributed by atoms with E-state index in [4.69, 9.17) is 9.47 Å². The lowest BCUT2D eigenvalue weighted by Crippen LogP contribution is -2.20. The molecule has 0 aliphatic carbocycles. The Labute approximate surface area is 187 Å². The van der Waals surface area contributed by atoms with E-state index >= 15 is 0 Å². The smallest absolute Gasteiger partial charge is 0.343 e. The third kappa shape index (κ3) is 4.06. The van der Waals surface area contributed by atoms with Crippen molar-refractivity contribution in [2.45, 2.75) is 19.8 Å². The number of rotatable bonds is 7. The summed E-state index contributed by atoms with van der Waals surface area (Å²) in [6.07, 6.45) is 6.51. The molecule has 0 spiro atoms. The van der Waals surface area contributed by atoms with Gasteiger partial charge in [-0.1, -0.05) is 0 Å². The summed E-state index contributed by atoms with van der Waals surface area (Å²) in [6, 6.07) is 0. The summed E-state index contributed by atoms with van der Waals surface area (Å²) in [5, 5.41) is 5.55. The van der Waals surface area contributed by atoms with Crippen LogP contribution >= 0.6 is 15.9 Å². The molecule has 0 aromatic carbocycles. The molecule has 0 radical (unpaired) electrons. The first-order valence-electron chi connectivity index (χ1n) is 9.59. The standard InChI is InChI=1S/C19H17BrN6O6/c1-2-31-18(29)11-6-21-25-8-10(23-16(25)14(11)27)4-3-5-32-19(30)12-7-22-26-9-13(20)24-17(26)15(12)28/h6-9,21-22H,2-5H2,1H3. The van der Waals surface area contributed by atoms with Crippen molar-refractivity contribution in [1.82, 2.24) is 29.2 Å². The van der Waals surface area contributed by atoms with Crippen molar-refractivity contribution >= 4 is 39.2 Å². The van der Waals surface area contributed by atoms with Crippen molar-refractivity contribution in [1.29, 1.82) is 0 Å². The Morgan fingerprint density at radius 2 is 1.56 bits per heavy atom. The predicted molar refractivity (Wildman–Crippen MR) is 114 cm³/mol. The Morgan fingerprint density at radius 3 is 2.22 bits per heavy atom. The fourth-order valence-electron chi connectivity index (χ4n) is 3.07. The van der Waals surface area contributed by atoms with Gasteiger partial charge < -0.3 is 9.47 Å². The van der Waals surface area contributed by atoms with E-state index in [9.17, 15) is 19.2 Å². The van der Waals surface area contributed by atoms with Gasteiger partial charge in [-0.3, -0.25) is 19.8 Å². The minimum absolute atomic E-state index is 0.0392. The van der Waals surface area contributed by atoms with Crippen molar-refractivity contribution in [2.24, 2.45) is 0 Å². The highest BCUT2D eigenvalue weighted by atomic mass is 79.9. The van der Waals surface area contributed by atoms with Crippen LogP contribution in [0.2, 0.25) is 0 Å². The molecular formula is C19H17BrN6O6. The van der Waals surface area contributed by atoms with Crippen LogP contribution in [0, 0.1) is 0 Å². The molecule has 12 nitrogen and oxygen atoms in total. The SMILES string of the molecule is CCOC(=O)c1c[nH]n2cc(CCCOC(=O)c3c[nH]n4cc(Br)nc4c3=O)nc2c1=O. The van der Waals surface area contributed by atoms with E-state index in [1.54, 1.807) is 19.3 Å². The van der Waals surface area contributed by atoms with E-state index in [-0.39, 0.29) is 35.6 Å². The second kappa shape index (κ2) is 8.78. The lowest BCUT2D eigenvalue weighted by molar-refractivity contribution is 0.0495. The number of halogens is 1. The number of aryl methyl sites for hydroxylation is 1. The molecular weight excluding hydrogens is 488 g/mol. The van der Waals surface area contributed by atoms with E-state index < -0.39 is 22.8 Å². The first-order chi connectivity index (χ1) is 15.4.